The van der Waals surface area contributed by atoms with Gasteiger partial charge in [-0.1, -0.05) is 21.1 Å². The van der Waals surface area contributed by atoms with Crippen molar-refractivity contribution >= 4 is 33.4 Å². The SMILES string of the molecule is CC(C)(C)OC(=O)C1=NO[C@]2(C=CC(=O)C(Br)[C@@H]2O)C1. The highest BCUT2D eigenvalue weighted by Gasteiger charge is 2.52. The van der Waals surface area contributed by atoms with E-state index in [9.17, 15) is 14.7 Å². The van der Waals surface area contributed by atoms with Crippen LogP contribution >= 0.6 is 15.9 Å². The number of hydrogen-bond acceptors (Lipinski definition) is 6. The molecule has 1 aliphatic carbocycles. The number of aliphatic hydroxyl groups excluding tert-OH is 1. The number of halogens is 1. The van der Waals surface area contributed by atoms with Gasteiger partial charge < -0.3 is 14.7 Å². The molecule has 3 atom stereocenters. The van der Waals surface area contributed by atoms with E-state index in [1.807, 2.05) is 0 Å². The first-order valence-electron chi connectivity index (χ1n) is 6.18. The minimum atomic E-state index is -1.19. The first-order valence-corrected chi connectivity index (χ1v) is 7.10. The molecule has 0 aromatic rings. The van der Waals surface area contributed by atoms with E-state index in [4.69, 9.17) is 9.57 Å². The molecule has 0 saturated carbocycles. The molecule has 1 spiro atoms. The van der Waals surface area contributed by atoms with Crippen LogP contribution in [0, 0.1) is 0 Å². The molecule has 6 nitrogen and oxygen atoms in total. The zero-order valence-electron chi connectivity index (χ0n) is 11.4. The number of allylic oxidation sites excluding steroid dienone is 1. The molecule has 0 aromatic carbocycles. The van der Waals surface area contributed by atoms with E-state index in [0.29, 0.717) is 0 Å². The lowest BCUT2D eigenvalue weighted by Gasteiger charge is -2.33. The number of aliphatic hydroxyl groups is 1. The summed E-state index contributed by atoms with van der Waals surface area (Å²) in [6.07, 6.45) is 1.71. The van der Waals surface area contributed by atoms with Crippen molar-refractivity contribution in [3.8, 4) is 0 Å². The summed E-state index contributed by atoms with van der Waals surface area (Å²) in [7, 11) is 0. The molecule has 0 saturated heterocycles. The van der Waals surface area contributed by atoms with Crippen LogP contribution in [0.15, 0.2) is 17.3 Å². The number of carbonyl (C=O) groups excluding carboxylic acids is 2. The van der Waals surface area contributed by atoms with Crippen LogP contribution < -0.4 is 0 Å². The van der Waals surface area contributed by atoms with E-state index >= 15 is 0 Å². The van der Waals surface area contributed by atoms with Crippen molar-refractivity contribution in [2.45, 2.75) is 49.3 Å². The summed E-state index contributed by atoms with van der Waals surface area (Å²) in [6, 6.07) is 0. The quantitative estimate of drug-likeness (QED) is 0.568. The number of rotatable bonds is 1. The van der Waals surface area contributed by atoms with Gasteiger partial charge in [-0.05, 0) is 32.9 Å². The average Bonchev–Trinajstić information content (AvgIpc) is 2.76. The Morgan fingerprint density at radius 1 is 1.60 bits per heavy atom. The maximum Gasteiger partial charge on any atom is 0.356 e. The van der Waals surface area contributed by atoms with Crippen LogP contribution in [-0.2, 0) is 19.2 Å². The van der Waals surface area contributed by atoms with Crippen LogP contribution in [0.5, 0.6) is 0 Å². The lowest BCUT2D eigenvalue weighted by molar-refractivity contribution is -0.146. The largest absolute Gasteiger partial charge is 0.455 e. The van der Waals surface area contributed by atoms with Crippen LogP contribution in [0.25, 0.3) is 0 Å². The first-order chi connectivity index (χ1) is 9.15. The molecule has 0 aromatic heterocycles. The summed E-state index contributed by atoms with van der Waals surface area (Å²) in [5.41, 5.74) is -1.73. The van der Waals surface area contributed by atoms with Crippen molar-refractivity contribution in [1.29, 1.82) is 0 Å². The maximum absolute atomic E-state index is 11.9. The van der Waals surface area contributed by atoms with Crippen molar-refractivity contribution in [3.05, 3.63) is 12.2 Å². The molecule has 1 N–H and O–H groups in total. The molecule has 0 fully saturated rings. The summed E-state index contributed by atoms with van der Waals surface area (Å²) >= 11 is 3.11. The summed E-state index contributed by atoms with van der Waals surface area (Å²) in [6.45, 7) is 5.25. The standard InChI is InChI=1S/C13H16BrNO5/c1-12(2,3)19-11(18)7-6-13(20-15-7)5-4-8(16)9(14)10(13)17/h4-5,9-10,17H,6H2,1-3H3/t9?,10-,13+/m0/s1. The molecule has 0 bridgehead atoms. The summed E-state index contributed by atoms with van der Waals surface area (Å²) in [5.74, 6) is -0.838. The van der Waals surface area contributed by atoms with E-state index in [2.05, 4.69) is 21.1 Å². The van der Waals surface area contributed by atoms with Crippen molar-refractivity contribution in [2.24, 2.45) is 5.16 Å². The van der Waals surface area contributed by atoms with Gasteiger partial charge in [0.1, 0.15) is 16.5 Å². The molecule has 2 aliphatic rings. The van der Waals surface area contributed by atoms with Crippen LogP contribution in [0.3, 0.4) is 0 Å². The normalized spacial score (nSPS) is 33.0. The molecular weight excluding hydrogens is 330 g/mol. The molecule has 0 amide bonds. The summed E-state index contributed by atoms with van der Waals surface area (Å²) < 4.78 is 5.20. The fourth-order valence-electron chi connectivity index (χ4n) is 1.98. The van der Waals surface area contributed by atoms with Crippen molar-refractivity contribution in [1.82, 2.24) is 0 Å². The Labute approximate surface area is 124 Å². The molecule has 7 heteroatoms. The molecule has 2 rings (SSSR count). The van der Waals surface area contributed by atoms with E-state index < -0.39 is 28.1 Å². The second-order valence-corrected chi connectivity index (χ2v) is 6.83. The number of carbonyl (C=O) groups is 2. The van der Waals surface area contributed by atoms with Crippen LogP contribution in [0.4, 0.5) is 0 Å². The third kappa shape index (κ3) is 2.78. The topological polar surface area (TPSA) is 85.2 Å². The van der Waals surface area contributed by atoms with Gasteiger partial charge in [0.2, 0.25) is 0 Å². The fourth-order valence-corrected chi connectivity index (χ4v) is 2.58. The molecule has 0 radical (unpaired) electrons. The number of hydrogen-bond donors (Lipinski definition) is 1. The van der Waals surface area contributed by atoms with E-state index in [-0.39, 0.29) is 17.9 Å². The van der Waals surface area contributed by atoms with Gasteiger partial charge >= 0.3 is 5.97 Å². The molecule has 1 unspecified atom stereocenters. The van der Waals surface area contributed by atoms with Gasteiger partial charge in [0.05, 0.1) is 0 Å². The maximum atomic E-state index is 11.9. The highest BCUT2D eigenvalue weighted by molar-refractivity contribution is 9.10. The number of nitrogens with zero attached hydrogens (tertiary/aromatic N) is 1. The van der Waals surface area contributed by atoms with Gasteiger partial charge in [-0.15, -0.1) is 0 Å². The molecular formula is C13H16BrNO5. The third-order valence-corrected chi connectivity index (χ3v) is 3.94. The monoisotopic (exact) mass is 345 g/mol. The van der Waals surface area contributed by atoms with Crippen LogP contribution in [-0.4, -0.2) is 44.7 Å². The van der Waals surface area contributed by atoms with Gasteiger partial charge in [-0.3, -0.25) is 4.79 Å². The fraction of sp³-hybridized carbons (Fsp3) is 0.615. The van der Waals surface area contributed by atoms with Gasteiger partial charge in [-0.2, -0.15) is 0 Å². The second kappa shape index (κ2) is 4.96. The predicted molar refractivity (Wildman–Crippen MR) is 74.6 cm³/mol. The van der Waals surface area contributed by atoms with Gasteiger partial charge in [0.15, 0.2) is 17.1 Å². The predicted octanol–water partition coefficient (Wildman–Crippen LogP) is 1.11. The van der Waals surface area contributed by atoms with Crippen LogP contribution in [0.2, 0.25) is 0 Å². The Hall–Kier alpha value is -1.21. The highest BCUT2D eigenvalue weighted by atomic mass is 79.9. The van der Waals surface area contributed by atoms with Crippen LogP contribution in [0.1, 0.15) is 27.2 Å². The molecule has 110 valence electrons. The Bertz CT molecular complexity index is 507. The number of esters is 1. The number of ketones is 1. The first kappa shape index (κ1) is 15.2. The summed E-state index contributed by atoms with van der Waals surface area (Å²) in [5, 5.41) is 13.9. The average molecular weight is 346 g/mol. The van der Waals surface area contributed by atoms with Gasteiger partial charge in [-0.25, -0.2) is 4.79 Å². The lowest BCUT2D eigenvalue weighted by atomic mass is 9.83. The smallest absolute Gasteiger partial charge is 0.356 e. The third-order valence-electron chi connectivity index (χ3n) is 2.98. The molecule has 1 aliphatic heterocycles. The van der Waals surface area contributed by atoms with E-state index in [1.165, 1.54) is 12.2 Å². The Morgan fingerprint density at radius 2 is 2.25 bits per heavy atom. The number of ether oxygens (including phenoxy) is 1. The minimum absolute atomic E-state index is 0.0644. The highest BCUT2D eigenvalue weighted by Crippen LogP contribution is 2.36. The second-order valence-electron chi connectivity index (χ2n) is 5.85. The summed E-state index contributed by atoms with van der Waals surface area (Å²) in [4.78, 5) is 27.8. The van der Waals surface area contributed by atoms with E-state index in [0.717, 1.165) is 0 Å². The number of alkyl halides is 1. The van der Waals surface area contributed by atoms with E-state index in [1.54, 1.807) is 20.8 Å². The number of oxime groups is 1. The van der Waals surface area contributed by atoms with Crippen molar-refractivity contribution in [3.63, 3.8) is 0 Å². The molecule has 20 heavy (non-hydrogen) atoms. The lowest BCUT2D eigenvalue weighted by Crippen LogP contribution is -2.51. The molecule has 1 heterocycles. The Kier molecular flexibility index (Phi) is 3.77. The Morgan fingerprint density at radius 3 is 2.85 bits per heavy atom. The van der Waals surface area contributed by atoms with Gasteiger partial charge in [0.25, 0.3) is 0 Å². The van der Waals surface area contributed by atoms with Crippen molar-refractivity contribution < 1.29 is 24.3 Å². The minimum Gasteiger partial charge on any atom is -0.455 e. The Balaban J connectivity index is 2.13. The van der Waals surface area contributed by atoms with Gasteiger partial charge in [0, 0.05) is 6.42 Å². The zero-order chi connectivity index (χ0) is 15.1. The van der Waals surface area contributed by atoms with Crippen molar-refractivity contribution in [2.75, 3.05) is 0 Å². The zero-order valence-corrected chi connectivity index (χ0v) is 13.0.